The van der Waals surface area contributed by atoms with Crippen molar-refractivity contribution in [3.63, 3.8) is 0 Å². The van der Waals surface area contributed by atoms with Gasteiger partial charge >= 0.3 is 0 Å². The number of aromatic nitrogens is 1. The molecule has 1 heterocycles. The van der Waals surface area contributed by atoms with Crippen molar-refractivity contribution in [2.75, 3.05) is 13.1 Å². The number of hydrogen-bond acceptors (Lipinski definition) is 4. The van der Waals surface area contributed by atoms with Gasteiger partial charge in [0.15, 0.2) is 0 Å². The van der Waals surface area contributed by atoms with Crippen molar-refractivity contribution in [3.05, 3.63) is 48.8 Å². The molecule has 0 radical (unpaired) electrons. The fourth-order valence-electron chi connectivity index (χ4n) is 2.09. The van der Waals surface area contributed by atoms with Crippen molar-refractivity contribution in [3.8, 4) is 0 Å². The Morgan fingerprint density at radius 2 is 1.50 bits per heavy atom. The summed E-state index contributed by atoms with van der Waals surface area (Å²) < 4.78 is 51.9. The summed E-state index contributed by atoms with van der Waals surface area (Å²) in [5, 5.41) is 0. The Labute approximate surface area is 131 Å². The number of nitrogens with zero attached hydrogens (tertiary/aromatic N) is 2. The molecule has 6 nitrogen and oxygen atoms in total. The van der Waals surface area contributed by atoms with E-state index in [0.29, 0.717) is 13.1 Å². The van der Waals surface area contributed by atoms with Crippen molar-refractivity contribution in [2.24, 2.45) is 0 Å². The quantitative estimate of drug-likeness (QED) is 0.801. The number of benzene rings is 1. The van der Waals surface area contributed by atoms with E-state index in [2.05, 4.69) is 0 Å². The maximum absolute atomic E-state index is 12.4. The zero-order valence-corrected chi connectivity index (χ0v) is 14.0. The second kappa shape index (κ2) is 6.23. The molecule has 0 atom stereocenters. The smallest absolute Gasteiger partial charge is 0.248 e. The Morgan fingerprint density at radius 1 is 0.909 bits per heavy atom. The molecule has 120 valence electrons. The Bertz CT molecular complexity index is 836. The van der Waals surface area contributed by atoms with Crippen LogP contribution in [0.15, 0.2) is 58.6 Å². The maximum Gasteiger partial charge on any atom is 0.267 e. The first kappa shape index (κ1) is 16.7. The maximum atomic E-state index is 12.4. The van der Waals surface area contributed by atoms with Gasteiger partial charge in [0, 0.05) is 25.5 Å². The van der Waals surface area contributed by atoms with E-state index in [0.717, 1.165) is 10.2 Å². The highest BCUT2D eigenvalue weighted by atomic mass is 32.2. The molecule has 0 amide bonds. The average molecular weight is 342 g/mol. The van der Waals surface area contributed by atoms with Gasteiger partial charge in [0.2, 0.25) is 10.0 Å². The van der Waals surface area contributed by atoms with E-state index >= 15 is 0 Å². The molecule has 1 aromatic carbocycles. The molecular weight excluding hydrogens is 324 g/mol. The van der Waals surface area contributed by atoms with E-state index in [1.165, 1.54) is 28.7 Å². The monoisotopic (exact) mass is 342 g/mol. The second-order valence-electron chi connectivity index (χ2n) is 4.58. The molecule has 0 N–H and O–H groups in total. The molecular formula is C14H18N2O4S2. The lowest BCUT2D eigenvalue weighted by Crippen LogP contribution is -2.30. The predicted octanol–water partition coefficient (Wildman–Crippen LogP) is 1.76. The summed E-state index contributed by atoms with van der Waals surface area (Å²) in [6.07, 6.45) is 2.38. The molecule has 0 bridgehead atoms. The van der Waals surface area contributed by atoms with Gasteiger partial charge < -0.3 is 0 Å². The number of sulfonamides is 1. The van der Waals surface area contributed by atoms with E-state index in [1.807, 2.05) is 0 Å². The Morgan fingerprint density at radius 3 is 2.05 bits per heavy atom. The summed E-state index contributed by atoms with van der Waals surface area (Å²) in [5.41, 5.74) is 0. The first-order valence-corrected chi connectivity index (χ1v) is 9.70. The van der Waals surface area contributed by atoms with Gasteiger partial charge in [-0.05, 0) is 18.2 Å². The van der Waals surface area contributed by atoms with Gasteiger partial charge in [-0.15, -0.1) is 0 Å². The van der Waals surface area contributed by atoms with Gasteiger partial charge in [-0.1, -0.05) is 32.0 Å². The fourth-order valence-corrected chi connectivity index (χ4v) is 4.83. The molecule has 0 unspecified atom stereocenters. The summed E-state index contributed by atoms with van der Waals surface area (Å²) in [5.74, 6) is 0. The standard InChI is InChI=1S/C14H18N2O4S2/c1-3-15(4-2)22(19,20)14-10-11-16(12-14)21(17,18)13-8-6-5-7-9-13/h5-12H,3-4H2,1-2H3. The molecule has 0 saturated carbocycles. The van der Waals surface area contributed by atoms with Crippen molar-refractivity contribution in [1.29, 1.82) is 0 Å². The van der Waals surface area contributed by atoms with Crippen molar-refractivity contribution >= 4 is 20.0 Å². The molecule has 22 heavy (non-hydrogen) atoms. The van der Waals surface area contributed by atoms with E-state index in [9.17, 15) is 16.8 Å². The SMILES string of the molecule is CCN(CC)S(=O)(=O)c1ccn(S(=O)(=O)c2ccccc2)c1. The van der Waals surface area contributed by atoms with E-state index in [4.69, 9.17) is 0 Å². The van der Waals surface area contributed by atoms with Crippen LogP contribution in [0.3, 0.4) is 0 Å². The van der Waals surface area contributed by atoms with E-state index in [1.54, 1.807) is 32.0 Å². The van der Waals surface area contributed by atoms with Crippen LogP contribution >= 0.6 is 0 Å². The third-order valence-electron chi connectivity index (χ3n) is 3.30. The summed E-state index contributed by atoms with van der Waals surface area (Å²) in [7, 11) is -7.46. The van der Waals surface area contributed by atoms with Crippen LogP contribution in [0.25, 0.3) is 0 Å². The minimum Gasteiger partial charge on any atom is -0.248 e. The third-order valence-corrected chi connectivity index (χ3v) is 6.99. The van der Waals surface area contributed by atoms with E-state index in [-0.39, 0.29) is 9.79 Å². The lowest BCUT2D eigenvalue weighted by Gasteiger charge is -2.17. The molecule has 2 aromatic rings. The summed E-state index contributed by atoms with van der Waals surface area (Å²) >= 11 is 0. The Hall–Kier alpha value is -1.64. The first-order valence-electron chi connectivity index (χ1n) is 6.82. The van der Waals surface area contributed by atoms with Gasteiger partial charge in [-0.25, -0.2) is 20.8 Å². The van der Waals surface area contributed by atoms with Gasteiger partial charge in [-0.3, -0.25) is 0 Å². The largest absolute Gasteiger partial charge is 0.267 e. The summed E-state index contributed by atoms with van der Waals surface area (Å²) in [4.78, 5) is 0.0769. The molecule has 1 aromatic heterocycles. The third kappa shape index (κ3) is 2.94. The molecule has 0 saturated heterocycles. The summed E-state index contributed by atoms with van der Waals surface area (Å²) in [6.45, 7) is 4.13. The van der Waals surface area contributed by atoms with E-state index < -0.39 is 20.0 Å². The van der Waals surface area contributed by atoms with Crippen LogP contribution in [0.2, 0.25) is 0 Å². The van der Waals surface area contributed by atoms with Gasteiger partial charge in [0.25, 0.3) is 10.0 Å². The molecule has 0 aliphatic carbocycles. The molecule has 0 spiro atoms. The van der Waals surface area contributed by atoms with Gasteiger partial charge in [-0.2, -0.15) is 4.31 Å². The van der Waals surface area contributed by atoms with Crippen LogP contribution in [0.5, 0.6) is 0 Å². The minimum atomic E-state index is -3.78. The van der Waals surface area contributed by atoms with Crippen molar-refractivity contribution < 1.29 is 16.8 Å². The normalized spacial score (nSPS) is 12.7. The second-order valence-corrected chi connectivity index (χ2v) is 8.37. The van der Waals surface area contributed by atoms with Crippen molar-refractivity contribution in [2.45, 2.75) is 23.6 Å². The molecule has 0 aliphatic rings. The van der Waals surface area contributed by atoms with Crippen molar-refractivity contribution in [1.82, 2.24) is 8.28 Å². The van der Waals surface area contributed by atoms with Crippen LogP contribution in [-0.4, -0.2) is 38.2 Å². The van der Waals surface area contributed by atoms with Crippen LogP contribution in [0, 0.1) is 0 Å². The van der Waals surface area contributed by atoms with Gasteiger partial charge in [0.05, 0.1) is 4.90 Å². The Balaban J connectivity index is 2.45. The topological polar surface area (TPSA) is 76.5 Å². The van der Waals surface area contributed by atoms with Crippen LogP contribution in [0.1, 0.15) is 13.8 Å². The minimum absolute atomic E-state index is 0.0318. The highest BCUT2D eigenvalue weighted by Gasteiger charge is 2.25. The average Bonchev–Trinajstić information content (AvgIpc) is 3.00. The zero-order chi connectivity index (χ0) is 16.4. The number of rotatable bonds is 6. The van der Waals surface area contributed by atoms with Crippen LogP contribution in [0.4, 0.5) is 0 Å². The van der Waals surface area contributed by atoms with Gasteiger partial charge in [0.1, 0.15) is 4.90 Å². The predicted molar refractivity (Wildman–Crippen MR) is 83.6 cm³/mol. The highest BCUT2D eigenvalue weighted by molar-refractivity contribution is 7.90. The first-order chi connectivity index (χ1) is 10.3. The summed E-state index contributed by atoms with van der Waals surface area (Å²) in [6, 6.07) is 9.18. The lowest BCUT2D eigenvalue weighted by molar-refractivity contribution is 0.445. The van der Waals surface area contributed by atoms with Crippen LogP contribution < -0.4 is 0 Å². The highest BCUT2D eigenvalue weighted by Crippen LogP contribution is 2.20. The fraction of sp³-hybridized carbons (Fsp3) is 0.286. The lowest BCUT2D eigenvalue weighted by atomic mass is 10.4. The molecule has 0 fully saturated rings. The number of hydrogen-bond donors (Lipinski definition) is 0. The zero-order valence-electron chi connectivity index (χ0n) is 12.4. The molecule has 2 rings (SSSR count). The van der Waals surface area contributed by atoms with Crippen LogP contribution in [-0.2, 0) is 20.0 Å². The molecule has 0 aliphatic heterocycles. The molecule has 8 heteroatoms. The Kier molecular flexibility index (Phi) is 4.74.